The van der Waals surface area contributed by atoms with Gasteiger partial charge in [-0.1, -0.05) is 0 Å². The number of benzene rings is 1. The lowest BCUT2D eigenvalue weighted by molar-refractivity contribution is 0.284. The van der Waals surface area contributed by atoms with Crippen molar-refractivity contribution in [2.24, 2.45) is 5.73 Å². The number of aryl methyl sites for hydroxylation is 1. The van der Waals surface area contributed by atoms with E-state index < -0.39 is 0 Å². The maximum Gasteiger partial charge on any atom is 0.171 e. The van der Waals surface area contributed by atoms with Gasteiger partial charge in [0.05, 0.1) is 0 Å². The normalized spacial score (nSPS) is 14.1. The molecule has 0 saturated carbocycles. The predicted molar refractivity (Wildman–Crippen MR) is 71.6 cm³/mol. The fourth-order valence-electron chi connectivity index (χ4n) is 2.45. The maximum atomic E-state index is 13.4. The molecule has 106 valence electrons. The number of hydrogen-bond acceptors (Lipinski definition) is 4. The zero-order valence-electron chi connectivity index (χ0n) is 11.2. The van der Waals surface area contributed by atoms with Crippen LogP contribution in [0.3, 0.4) is 0 Å². The van der Waals surface area contributed by atoms with E-state index in [2.05, 4.69) is 14.8 Å². The molecular weight excluding hydrogens is 259 g/mol. The van der Waals surface area contributed by atoms with E-state index in [1.807, 2.05) is 0 Å². The molecule has 5 nitrogen and oxygen atoms in total. The summed E-state index contributed by atoms with van der Waals surface area (Å²) >= 11 is 0. The van der Waals surface area contributed by atoms with Gasteiger partial charge in [-0.3, -0.25) is 0 Å². The van der Waals surface area contributed by atoms with Crippen LogP contribution in [0.4, 0.5) is 4.39 Å². The van der Waals surface area contributed by atoms with Gasteiger partial charge in [0.1, 0.15) is 24.0 Å². The summed E-state index contributed by atoms with van der Waals surface area (Å²) in [6, 6.07) is 4.51. The molecule has 20 heavy (non-hydrogen) atoms. The quantitative estimate of drug-likeness (QED) is 0.924. The number of nitrogens with zero attached hydrogens (tertiary/aromatic N) is 3. The Morgan fingerprint density at radius 3 is 3.00 bits per heavy atom. The first-order valence-corrected chi connectivity index (χ1v) is 6.79. The van der Waals surface area contributed by atoms with Gasteiger partial charge in [0.2, 0.25) is 0 Å². The molecule has 6 heteroatoms. The maximum absolute atomic E-state index is 13.4. The van der Waals surface area contributed by atoms with Crippen LogP contribution in [-0.2, 0) is 26.1 Å². The number of fused-ring (bicyclic) bond motifs is 1. The fourth-order valence-corrected chi connectivity index (χ4v) is 2.45. The predicted octanol–water partition coefficient (Wildman–Crippen LogP) is 1.79. The highest BCUT2D eigenvalue weighted by Gasteiger charge is 2.16. The summed E-state index contributed by atoms with van der Waals surface area (Å²) in [6.07, 6.45) is 3.25. The number of rotatable bonds is 4. The minimum absolute atomic E-state index is 0.286. The molecule has 0 amide bonds. The molecule has 0 atom stereocenters. The second-order valence-corrected chi connectivity index (χ2v) is 4.93. The first kappa shape index (κ1) is 13.1. The van der Waals surface area contributed by atoms with Gasteiger partial charge in [-0.25, -0.2) is 4.39 Å². The molecule has 2 heterocycles. The van der Waals surface area contributed by atoms with Gasteiger partial charge in [0.25, 0.3) is 0 Å². The van der Waals surface area contributed by atoms with E-state index in [0.29, 0.717) is 17.9 Å². The Hall–Kier alpha value is -1.95. The minimum atomic E-state index is -0.341. The number of aromatic nitrogens is 3. The van der Waals surface area contributed by atoms with E-state index in [1.54, 1.807) is 6.07 Å². The van der Waals surface area contributed by atoms with Crippen LogP contribution in [0.25, 0.3) is 0 Å². The smallest absolute Gasteiger partial charge is 0.171 e. The van der Waals surface area contributed by atoms with E-state index in [1.165, 1.54) is 12.1 Å². The van der Waals surface area contributed by atoms with Crippen molar-refractivity contribution in [2.45, 2.75) is 39.0 Å². The summed E-state index contributed by atoms with van der Waals surface area (Å²) < 4.78 is 21.1. The highest BCUT2D eigenvalue weighted by Crippen LogP contribution is 2.19. The molecule has 0 fully saturated rings. The highest BCUT2D eigenvalue weighted by molar-refractivity contribution is 5.29. The summed E-state index contributed by atoms with van der Waals surface area (Å²) in [4.78, 5) is 0. The average molecular weight is 276 g/mol. The Labute approximate surface area is 116 Å². The van der Waals surface area contributed by atoms with Crippen LogP contribution in [-0.4, -0.2) is 14.8 Å². The number of hydrogen-bond donors (Lipinski definition) is 1. The molecule has 1 aromatic carbocycles. The highest BCUT2D eigenvalue weighted by atomic mass is 19.1. The Morgan fingerprint density at radius 1 is 1.25 bits per heavy atom. The molecule has 0 bridgehead atoms. The number of ether oxygens (including phenoxy) is 1. The molecule has 0 unspecified atom stereocenters. The van der Waals surface area contributed by atoms with Gasteiger partial charge in [-0.2, -0.15) is 0 Å². The lowest BCUT2D eigenvalue weighted by Gasteiger charge is -2.15. The van der Waals surface area contributed by atoms with Gasteiger partial charge in [0, 0.05) is 25.6 Å². The van der Waals surface area contributed by atoms with Crippen molar-refractivity contribution in [3.63, 3.8) is 0 Å². The van der Waals surface area contributed by atoms with Crippen LogP contribution in [0.2, 0.25) is 0 Å². The molecule has 0 aliphatic carbocycles. The van der Waals surface area contributed by atoms with Gasteiger partial charge in [0.15, 0.2) is 5.82 Å². The van der Waals surface area contributed by atoms with Crippen LogP contribution in [0.5, 0.6) is 5.75 Å². The van der Waals surface area contributed by atoms with Crippen LogP contribution < -0.4 is 10.5 Å². The van der Waals surface area contributed by atoms with E-state index in [9.17, 15) is 4.39 Å². The van der Waals surface area contributed by atoms with E-state index in [-0.39, 0.29) is 12.4 Å². The van der Waals surface area contributed by atoms with Crippen LogP contribution in [0.1, 0.15) is 30.1 Å². The van der Waals surface area contributed by atoms with Gasteiger partial charge < -0.3 is 15.0 Å². The van der Waals surface area contributed by atoms with Gasteiger partial charge in [-0.15, -0.1) is 10.2 Å². The summed E-state index contributed by atoms with van der Waals surface area (Å²) in [5.41, 5.74) is 6.23. The molecular formula is C14H17FN4O. The molecule has 1 aliphatic rings. The summed E-state index contributed by atoms with van der Waals surface area (Å²) in [7, 11) is 0. The van der Waals surface area contributed by atoms with E-state index in [0.717, 1.165) is 37.5 Å². The average Bonchev–Trinajstić information content (AvgIpc) is 2.88. The zero-order chi connectivity index (χ0) is 13.9. The topological polar surface area (TPSA) is 66.0 Å². The van der Waals surface area contributed by atoms with Crippen molar-refractivity contribution >= 4 is 0 Å². The second kappa shape index (κ2) is 5.58. The van der Waals surface area contributed by atoms with Crippen molar-refractivity contribution < 1.29 is 9.13 Å². The first-order valence-electron chi connectivity index (χ1n) is 6.79. The molecule has 0 radical (unpaired) electrons. The third-order valence-electron chi connectivity index (χ3n) is 3.47. The molecule has 1 aromatic heterocycles. The van der Waals surface area contributed by atoms with Crippen molar-refractivity contribution in [1.82, 2.24) is 14.8 Å². The van der Waals surface area contributed by atoms with E-state index in [4.69, 9.17) is 10.5 Å². The lowest BCUT2D eigenvalue weighted by Crippen LogP contribution is -2.14. The Kier molecular flexibility index (Phi) is 3.64. The zero-order valence-corrected chi connectivity index (χ0v) is 11.2. The van der Waals surface area contributed by atoms with Crippen molar-refractivity contribution in [2.75, 3.05) is 0 Å². The number of nitrogens with two attached hydrogens (primary N) is 1. The molecule has 3 rings (SSSR count). The summed E-state index contributed by atoms with van der Waals surface area (Å²) in [5, 5.41) is 8.31. The lowest BCUT2D eigenvalue weighted by atomic mass is 10.2. The first-order chi connectivity index (χ1) is 9.76. The van der Waals surface area contributed by atoms with Crippen LogP contribution in [0, 0.1) is 5.82 Å². The Balaban J connectivity index is 1.73. The molecule has 0 saturated heterocycles. The molecule has 2 aromatic rings. The standard InChI is InChI=1S/C14H17FN4O/c15-11-5-10(8-16)6-12(7-11)20-9-14-18-17-13-3-1-2-4-19(13)14/h5-7H,1-4,8-9,16H2. The van der Waals surface area contributed by atoms with E-state index >= 15 is 0 Å². The van der Waals surface area contributed by atoms with Crippen LogP contribution in [0.15, 0.2) is 18.2 Å². The van der Waals surface area contributed by atoms with Crippen molar-refractivity contribution in [1.29, 1.82) is 0 Å². The van der Waals surface area contributed by atoms with Crippen LogP contribution >= 0.6 is 0 Å². The SMILES string of the molecule is NCc1cc(F)cc(OCc2nnc3n2CCCC3)c1. The third kappa shape index (κ3) is 2.65. The van der Waals surface area contributed by atoms with Crippen molar-refractivity contribution in [3.05, 3.63) is 41.2 Å². The summed E-state index contributed by atoms with van der Waals surface area (Å²) in [5.74, 6) is 1.93. The minimum Gasteiger partial charge on any atom is -0.485 e. The number of halogens is 1. The fraction of sp³-hybridized carbons (Fsp3) is 0.429. The largest absolute Gasteiger partial charge is 0.485 e. The Morgan fingerprint density at radius 2 is 2.15 bits per heavy atom. The second-order valence-electron chi connectivity index (χ2n) is 4.93. The third-order valence-corrected chi connectivity index (χ3v) is 3.47. The molecule has 2 N–H and O–H groups in total. The summed E-state index contributed by atoms with van der Waals surface area (Å²) in [6.45, 7) is 1.51. The molecule has 1 aliphatic heterocycles. The van der Waals surface area contributed by atoms with Gasteiger partial charge >= 0.3 is 0 Å². The Bertz CT molecular complexity index is 611. The molecule has 0 spiro atoms. The monoisotopic (exact) mass is 276 g/mol. The van der Waals surface area contributed by atoms with Crippen molar-refractivity contribution in [3.8, 4) is 5.75 Å². The van der Waals surface area contributed by atoms with Gasteiger partial charge in [-0.05, 0) is 30.5 Å².